The summed E-state index contributed by atoms with van der Waals surface area (Å²) in [4.78, 5) is 12.8. The Hall–Kier alpha value is 1.07. The molecule has 2 aliphatic rings. The van der Waals surface area contributed by atoms with Crippen molar-refractivity contribution in [3.05, 3.63) is 81.4 Å². The van der Waals surface area contributed by atoms with Gasteiger partial charge in [-0.25, -0.2) is 0 Å². The average Bonchev–Trinajstić information content (AvgIpc) is 3.51. The molecule has 2 aromatic rings. The van der Waals surface area contributed by atoms with Crippen molar-refractivity contribution in [3.8, 4) is 23.3 Å². The van der Waals surface area contributed by atoms with Crippen LogP contribution in [0.1, 0.15) is 144 Å². The number of hydrogen-bond donors (Lipinski definition) is 0. The minimum atomic E-state index is 0. The van der Waals surface area contributed by atoms with Gasteiger partial charge in [-0.2, -0.15) is 23.3 Å². The number of rotatable bonds is 20. The standard InChI is InChI=1S/C24H33O3.C24H35O2.I2.HI.2Y/c1-5-6-7-8-18(26-3)10-11-19-21-15-20-16(2)9-12-24(27-4)22(20)13-17(21)14-23(19)25;1-7-9-10-15-21(25-5)16-12-11-14-19(3)24-20(4)17-18-23(26-6)22(24)13-8-2;1-2;;;/h9,17-18H,5-8,10-11,13-15H2,1-4H3;8,17,19,21H,2,7,9-10,12-13,15-16H2,1,3-6H3;;1H;;/q2*-1;;;;/t17?,18-;19?,21-;;;;/m00..../s1. The van der Waals surface area contributed by atoms with Crippen LogP contribution < -0.4 is 9.47 Å². The van der Waals surface area contributed by atoms with Gasteiger partial charge in [-0.15, -0.1) is 70.9 Å². The number of ketones is 1. The fourth-order valence-electron chi connectivity index (χ4n) is 8.12. The number of Topliss-reactive ketones (excluding diaryl/α,β-unsaturated/α-hetero) is 1. The summed E-state index contributed by atoms with van der Waals surface area (Å²) in [5.74, 6) is 9.31. The normalized spacial score (nSPS) is 15.1. The molecule has 10 heteroatoms. The molecule has 4 rings (SSSR count). The number of methoxy groups -OCH3 is 4. The van der Waals surface area contributed by atoms with Crippen molar-refractivity contribution in [3.63, 3.8) is 0 Å². The molecule has 0 saturated carbocycles. The zero-order valence-electron chi connectivity index (χ0n) is 36.9. The second-order valence-corrected chi connectivity index (χ2v) is 14.9. The quantitative estimate of drug-likeness (QED) is 0.0435. The van der Waals surface area contributed by atoms with Gasteiger partial charge in [-0.1, -0.05) is 96.6 Å². The second kappa shape index (κ2) is 35.4. The number of hydrogen-bond acceptors (Lipinski definition) is 5. The molecule has 2 radical (unpaired) electrons. The minimum Gasteiger partial charge on any atom is -0.522 e. The van der Waals surface area contributed by atoms with Gasteiger partial charge in [-0.3, -0.25) is 4.79 Å². The molecule has 0 N–H and O–H groups in total. The first-order valence-corrected chi connectivity index (χ1v) is 26.6. The Morgan fingerprint density at radius 3 is 1.97 bits per heavy atom. The van der Waals surface area contributed by atoms with E-state index in [0.29, 0.717) is 24.2 Å². The Kier molecular flexibility index (Phi) is 37.3. The molecule has 0 aromatic heterocycles. The van der Waals surface area contributed by atoms with Gasteiger partial charge in [-0.05, 0) is 56.9 Å². The van der Waals surface area contributed by atoms with E-state index in [0.717, 1.165) is 80.4 Å². The van der Waals surface area contributed by atoms with E-state index in [1.807, 2.05) is 25.3 Å². The molecule has 0 aliphatic heterocycles. The number of unbranched alkanes of at least 4 members (excludes halogenated alkanes) is 4. The minimum absolute atomic E-state index is 0. The van der Waals surface area contributed by atoms with E-state index >= 15 is 0 Å². The number of allylic oxidation sites excluding steroid dienone is 3. The number of aryl methyl sites for hydroxylation is 2. The summed E-state index contributed by atoms with van der Waals surface area (Å²) in [5.41, 5.74) is 9.94. The number of carbonyl (C=O) groups excluding carboxylic acids is 1. The fourth-order valence-corrected chi connectivity index (χ4v) is 8.12. The van der Waals surface area contributed by atoms with Crippen LogP contribution in [0.2, 0.25) is 0 Å². The maximum absolute atomic E-state index is 12.8. The Morgan fingerprint density at radius 1 is 0.845 bits per heavy atom. The Labute approximate surface area is 444 Å². The van der Waals surface area contributed by atoms with E-state index in [9.17, 15) is 4.79 Å². The zero-order valence-corrected chi connectivity index (χ0v) is 49.2. The average molecular weight is 1280 g/mol. The second-order valence-electron chi connectivity index (χ2n) is 14.9. The number of carbonyl (C=O) groups is 1. The molecule has 0 fully saturated rings. The van der Waals surface area contributed by atoms with Crippen LogP contribution in [0.15, 0.2) is 35.9 Å². The van der Waals surface area contributed by atoms with Crippen LogP contribution in [0.4, 0.5) is 0 Å². The van der Waals surface area contributed by atoms with Crippen molar-refractivity contribution in [2.45, 2.75) is 155 Å². The summed E-state index contributed by atoms with van der Waals surface area (Å²) in [5, 5.41) is 0. The summed E-state index contributed by atoms with van der Waals surface area (Å²) in [6.07, 6.45) is 19.1. The van der Waals surface area contributed by atoms with Gasteiger partial charge in [0.1, 0.15) is 0 Å². The van der Waals surface area contributed by atoms with E-state index < -0.39 is 0 Å². The maximum atomic E-state index is 12.8. The van der Waals surface area contributed by atoms with Crippen molar-refractivity contribution in [2.75, 3.05) is 28.4 Å². The first-order chi connectivity index (χ1) is 26.7. The first-order valence-electron chi connectivity index (χ1n) is 20.4. The molecule has 320 valence electrons. The number of ether oxygens (including phenoxy) is 4. The third-order valence-electron chi connectivity index (χ3n) is 11.2. The Morgan fingerprint density at radius 2 is 1.41 bits per heavy atom. The largest absolute Gasteiger partial charge is 0.522 e. The molecule has 58 heavy (non-hydrogen) atoms. The number of fused-ring (bicyclic) bond motifs is 2. The van der Waals surface area contributed by atoms with Gasteiger partial charge in [0.25, 0.3) is 0 Å². The predicted octanol–water partition coefficient (Wildman–Crippen LogP) is 13.6. The molecule has 2 unspecified atom stereocenters. The summed E-state index contributed by atoms with van der Waals surface area (Å²) < 4.78 is 22.3. The van der Waals surface area contributed by atoms with Crippen LogP contribution in [0.25, 0.3) is 0 Å². The number of halogens is 3. The molecule has 0 bridgehead atoms. The molecular weight excluding hydrogens is 1220 g/mol. The molecule has 0 heterocycles. The van der Waals surface area contributed by atoms with Crippen LogP contribution in [0.3, 0.4) is 0 Å². The summed E-state index contributed by atoms with van der Waals surface area (Å²) in [7, 11) is 7.01. The van der Waals surface area contributed by atoms with Gasteiger partial charge < -0.3 is 18.9 Å². The van der Waals surface area contributed by atoms with Crippen molar-refractivity contribution in [1.29, 1.82) is 0 Å². The van der Waals surface area contributed by atoms with Crippen molar-refractivity contribution in [2.24, 2.45) is 5.92 Å². The van der Waals surface area contributed by atoms with Gasteiger partial charge >= 0.3 is 0 Å². The van der Waals surface area contributed by atoms with Crippen molar-refractivity contribution >= 4 is 67.0 Å². The topological polar surface area (TPSA) is 54.0 Å². The Balaban J connectivity index is 0. The molecule has 4 atom stereocenters. The van der Waals surface area contributed by atoms with Gasteiger partial charge in [0, 0.05) is 147 Å². The van der Waals surface area contributed by atoms with E-state index in [1.165, 1.54) is 71.9 Å². The summed E-state index contributed by atoms with van der Waals surface area (Å²) >= 11 is 4.24. The molecule has 0 saturated heterocycles. The molecular formula is C48H69I3O5Y2-2. The summed E-state index contributed by atoms with van der Waals surface area (Å²) in [6, 6.07) is 10.5. The monoisotopic (exact) mass is 1280 g/mol. The summed E-state index contributed by atoms with van der Waals surface area (Å²) in [6.45, 7) is 14.7. The van der Waals surface area contributed by atoms with Crippen LogP contribution in [0, 0.1) is 43.7 Å². The smallest absolute Gasteiger partial charge is 0.159 e. The Bertz CT molecular complexity index is 1590. The maximum Gasteiger partial charge on any atom is 0.159 e. The van der Waals surface area contributed by atoms with Gasteiger partial charge in [0.2, 0.25) is 0 Å². The zero-order chi connectivity index (χ0) is 40.8. The molecule has 5 nitrogen and oxygen atoms in total. The van der Waals surface area contributed by atoms with E-state index in [2.05, 4.69) is 102 Å². The molecule has 0 spiro atoms. The predicted molar refractivity (Wildman–Crippen MR) is 263 cm³/mol. The van der Waals surface area contributed by atoms with Crippen molar-refractivity contribution < 1.29 is 89.2 Å². The molecule has 0 amide bonds. The van der Waals surface area contributed by atoms with Crippen LogP contribution >= 0.6 is 61.2 Å². The van der Waals surface area contributed by atoms with Crippen LogP contribution in [-0.4, -0.2) is 46.4 Å². The van der Waals surface area contributed by atoms with E-state index in [4.69, 9.17) is 18.9 Å². The SMILES string of the molecule is C=CCc1c(OC)[c-]cc(C)c1C(C)C#CCC[C@H](CCCCC)OC.CCCCC[C@@H](CCC1=C2Cc3c(C)c[c-]c(OC)c3CC2CC1=O)OC.I.II.[Y].[Y]. The van der Waals surface area contributed by atoms with E-state index in [-0.39, 0.29) is 101 Å². The molecule has 2 aromatic carbocycles. The van der Waals surface area contributed by atoms with E-state index in [1.54, 1.807) is 21.3 Å². The molecule has 2 aliphatic carbocycles. The van der Waals surface area contributed by atoms with Crippen LogP contribution in [0.5, 0.6) is 11.5 Å². The fraction of sp³-hybridized carbons (Fsp3) is 0.604. The first kappa shape index (κ1) is 61.2. The van der Waals surface area contributed by atoms with Gasteiger partial charge in [0.15, 0.2) is 5.78 Å². The third kappa shape index (κ3) is 19.4. The number of benzene rings is 2. The van der Waals surface area contributed by atoms with Crippen LogP contribution in [-0.2, 0) is 98.9 Å². The van der Waals surface area contributed by atoms with Gasteiger partial charge in [0.05, 0.1) is 26.4 Å². The third-order valence-corrected chi connectivity index (χ3v) is 11.2. The van der Waals surface area contributed by atoms with Crippen molar-refractivity contribution in [1.82, 2.24) is 0 Å².